The first-order valence-electron chi connectivity index (χ1n) is 8.06. The number of nitrogens with one attached hydrogen (secondary N) is 2. The van der Waals surface area contributed by atoms with Crippen LogP contribution in [-0.4, -0.2) is 55.0 Å². The summed E-state index contributed by atoms with van der Waals surface area (Å²) in [6, 6.07) is 6.56. The van der Waals surface area contributed by atoms with Gasteiger partial charge in [-0.25, -0.2) is 10.2 Å². The minimum absolute atomic E-state index is 0.116. The van der Waals surface area contributed by atoms with E-state index in [0.717, 1.165) is 0 Å². The Kier molecular flexibility index (Phi) is 9.40. The molecule has 26 heavy (non-hydrogen) atoms. The molecule has 0 unspecified atom stereocenters. The standard InChI is InChI=1S/C17H23N3O6/c1-12(2)25-9-5-8-18-16(23)17(24)20-19-10-13-6-3-4-7-14(13)26-11-15(21)22/h3-4,6-7,10,12H,5,8-9,11H2,1-2H3,(H,18,23)(H,20,24)(H,21,22)/b19-10-. The average molecular weight is 365 g/mol. The number of carboxylic acid groups (broad SMARTS) is 1. The lowest BCUT2D eigenvalue weighted by Gasteiger charge is -2.08. The average Bonchev–Trinajstić information content (AvgIpc) is 2.59. The summed E-state index contributed by atoms with van der Waals surface area (Å²) in [5.41, 5.74) is 2.56. The fourth-order valence-corrected chi connectivity index (χ4v) is 1.74. The van der Waals surface area contributed by atoms with E-state index < -0.39 is 24.4 Å². The highest BCUT2D eigenvalue weighted by Crippen LogP contribution is 2.15. The highest BCUT2D eigenvalue weighted by Gasteiger charge is 2.11. The van der Waals surface area contributed by atoms with Gasteiger partial charge < -0.3 is 19.9 Å². The number of hydrogen-bond donors (Lipinski definition) is 3. The topological polar surface area (TPSA) is 126 Å². The maximum atomic E-state index is 11.6. The van der Waals surface area contributed by atoms with E-state index in [2.05, 4.69) is 15.8 Å². The molecule has 3 N–H and O–H groups in total. The second kappa shape index (κ2) is 11.6. The minimum Gasteiger partial charge on any atom is -0.481 e. The SMILES string of the molecule is CC(C)OCCCNC(=O)C(=O)N/N=C\c1ccccc1OCC(=O)O. The Morgan fingerprint density at radius 1 is 1.23 bits per heavy atom. The van der Waals surface area contributed by atoms with Gasteiger partial charge in [-0.15, -0.1) is 0 Å². The van der Waals surface area contributed by atoms with E-state index in [4.69, 9.17) is 14.6 Å². The summed E-state index contributed by atoms with van der Waals surface area (Å²) in [6.45, 7) is 4.13. The Morgan fingerprint density at radius 3 is 2.65 bits per heavy atom. The van der Waals surface area contributed by atoms with Crippen molar-refractivity contribution in [2.45, 2.75) is 26.4 Å². The van der Waals surface area contributed by atoms with Crippen molar-refractivity contribution in [1.29, 1.82) is 0 Å². The summed E-state index contributed by atoms with van der Waals surface area (Å²) in [7, 11) is 0. The summed E-state index contributed by atoms with van der Waals surface area (Å²) in [4.78, 5) is 33.8. The van der Waals surface area contributed by atoms with Crippen molar-refractivity contribution in [2.75, 3.05) is 19.8 Å². The largest absolute Gasteiger partial charge is 0.481 e. The highest BCUT2D eigenvalue weighted by molar-refractivity contribution is 6.35. The fraction of sp³-hybridized carbons (Fsp3) is 0.412. The molecule has 9 heteroatoms. The van der Waals surface area contributed by atoms with E-state index in [1.165, 1.54) is 6.21 Å². The molecule has 1 rings (SSSR count). The molecule has 9 nitrogen and oxygen atoms in total. The number of carboxylic acids is 1. The molecule has 0 heterocycles. The van der Waals surface area contributed by atoms with Crippen LogP contribution in [-0.2, 0) is 19.1 Å². The summed E-state index contributed by atoms with van der Waals surface area (Å²) in [5, 5.41) is 14.8. The van der Waals surface area contributed by atoms with Crippen LogP contribution in [0, 0.1) is 0 Å². The van der Waals surface area contributed by atoms with Crippen LogP contribution in [0.1, 0.15) is 25.8 Å². The molecule has 0 spiro atoms. The number of para-hydroxylation sites is 1. The third-order valence-electron chi connectivity index (χ3n) is 2.90. The third-order valence-corrected chi connectivity index (χ3v) is 2.90. The summed E-state index contributed by atoms with van der Waals surface area (Å²) in [6.07, 6.45) is 1.97. The first-order chi connectivity index (χ1) is 12.4. The van der Waals surface area contributed by atoms with Crippen molar-refractivity contribution in [3.63, 3.8) is 0 Å². The molecule has 0 aliphatic rings. The van der Waals surface area contributed by atoms with Gasteiger partial charge in [-0.2, -0.15) is 5.10 Å². The molecule has 142 valence electrons. The van der Waals surface area contributed by atoms with E-state index in [1.807, 2.05) is 13.8 Å². The number of hydrogen-bond acceptors (Lipinski definition) is 6. The molecule has 0 bridgehead atoms. The molecule has 0 aliphatic heterocycles. The van der Waals surface area contributed by atoms with Crippen LogP contribution in [0.25, 0.3) is 0 Å². The molecule has 0 fully saturated rings. The van der Waals surface area contributed by atoms with Crippen LogP contribution >= 0.6 is 0 Å². The lowest BCUT2D eigenvalue weighted by molar-refractivity contribution is -0.139. The zero-order valence-corrected chi connectivity index (χ0v) is 14.7. The van der Waals surface area contributed by atoms with Gasteiger partial charge in [0.25, 0.3) is 0 Å². The van der Waals surface area contributed by atoms with Crippen molar-refractivity contribution in [3.05, 3.63) is 29.8 Å². The molecular formula is C17H23N3O6. The van der Waals surface area contributed by atoms with Crippen LogP contribution in [0.4, 0.5) is 0 Å². The number of amides is 2. The smallest absolute Gasteiger partial charge is 0.341 e. The number of nitrogens with zero attached hydrogens (tertiary/aromatic N) is 1. The molecule has 0 atom stereocenters. The highest BCUT2D eigenvalue weighted by atomic mass is 16.5. The molecule has 0 saturated carbocycles. The second-order valence-corrected chi connectivity index (χ2v) is 5.45. The van der Waals surface area contributed by atoms with E-state index in [9.17, 15) is 14.4 Å². The maximum Gasteiger partial charge on any atom is 0.341 e. The van der Waals surface area contributed by atoms with Crippen molar-refractivity contribution in [2.24, 2.45) is 5.10 Å². The second-order valence-electron chi connectivity index (χ2n) is 5.45. The summed E-state index contributed by atoms with van der Waals surface area (Å²) >= 11 is 0. The lowest BCUT2D eigenvalue weighted by Crippen LogP contribution is -2.38. The molecule has 0 aliphatic carbocycles. The number of carbonyl (C=O) groups excluding carboxylic acids is 2. The fourth-order valence-electron chi connectivity index (χ4n) is 1.74. The minimum atomic E-state index is -1.11. The van der Waals surface area contributed by atoms with E-state index >= 15 is 0 Å². The Hall–Kier alpha value is -2.94. The van der Waals surface area contributed by atoms with Gasteiger partial charge in [0.15, 0.2) is 6.61 Å². The number of ether oxygens (including phenoxy) is 2. The number of aliphatic carboxylic acids is 1. The lowest BCUT2D eigenvalue weighted by atomic mass is 10.2. The summed E-state index contributed by atoms with van der Waals surface area (Å²) in [5.74, 6) is -2.53. The molecule has 2 amide bonds. The maximum absolute atomic E-state index is 11.6. The Morgan fingerprint density at radius 2 is 1.96 bits per heavy atom. The van der Waals surface area contributed by atoms with Gasteiger partial charge >= 0.3 is 17.8 Å². The molecule has 1 aromatic rings. The first kappa shape index (κ1) is 21.1. The van der Waals surface area contributed by atoms with Crippen LogP contribution in [0.3, 0.4) is 0 Å². The van der Waals surface area contributed by atoms with Crippen LogP contribution in [0.15, 0.2) is 29.4 Å². The molecule has 0 saturated heterocycles. The molecule has 1 aromatic carbocycles. The van der Waals surface area contributed by atoms with E-state index in [0.29, 0.717) is 30.9 Å². The normalized spacial score (nSPS) is 10.7. The predicted octanol–water partition coefficient (Wildman–Crippen LogP) is 0.531. The van der Waals surface area contributed by atoms with Crippen molar-refractivity contribution < 1.29 is 29.0 Å². The van der Waals surface area contributed by atoms with Gasteiger partial charge in [0.2, 0.25) is 0 Å². The van der Waals surface area contributed by atoms with Crippen molar-refractivity contribution >= 4 is 24.0 Å². The first-order valence-corrected chi connectivity index (χ1v) is 8.06. The number of carbonyl (C=O) groups is 3. The van der Waals surface area contributed by atoms with Gasteiger partial charge in [-0.1, -0.05) is 12.1 Å². The van der Waals surface area contributed by atoms with Crippen LogP contribution in [0.2, 0.25) is 0 Å². The number of benzene rings is 1. The van der Waals surface area contributed by atoms with Crippen molar-refractivity contribution in [1.82, 2.24) is 10.7 Å². The van der Waals surface area contributed by atoms with Gasteiger partial charge in [0, 0.05) is 18.7 Å². The monoisotopic (exact) mass is 365 g/mol. The number of rotatable bonds is 10. The van der Waals surface area contributed by atoms with Crippen molar-refractivity contribution in [3.8, 4) is 5.75 Å². The Balaban J connectivity index is 2.42. The van der Waals surface area contributed by atoms with Crippen LogP contribution in [0.5, 0.6) is 5.75 Å². The molecule has 0 aromatic heterocycles. The Labute approximate surface area is 151 Å². The van der Waals surface area contributed by atoms with Crippen LogP contribution < -0.4 is 15.5 Å². The van der Waals surface area contributed by atoms with Gasteiger partial charge in [0.1, 0.15) is 5.75 Å². The zero-order chi connectivity index (χ0) is 19.4. The number of hydrazone groups is 1. The third kappa shape index (κ3) is 8.78. The quantitative estimate of drug-likeness (QED) is 0.240. The Bertz CT molecular complexity index is 645. The zero-order valence-electron chi connectivity index (χ0n) is 14.7. The van der Waals surface area contributed by atoms with E-state index in [1.54, 1.807) is 24.3 Å². The predicted molar refractivity (Wildman–Crippen MR) is 94.0 cm³/mol. The molecular weight excluding hydrogens is 342 g/mol. The van der Waals surface area contributed by atoms with Gasteiger partial charge in [-0.3, -0.25) is 9.59 Å². The van der Waals surface area contributed by atoms with Gasteiger partial charge in [-0.05, 0) is 32.4 Å². The van der Waals surface area contributed by atoms with E-state index in [-0.39, 0.29) is 6.10 Å². The van der Waals surface area contributed by atoms with Gasteiger partial charge in [0.05, 0.1) is 12.3 Å². The molecule has 0 radical (unpaired) electrons. The summed E-state index contributed by atoms with van der Waals surface area (Å²) < 4.78 is 10.4.